The summed E-state index contributed by atoms with van der Waals surface area (Å²) in [4.78, 5) is 11.2. The first-order valence-corrected chi connectivity index (χ1v) is 12.2. The van der Waals surface area contributed by atoms with Crippen LogP contribution in [-0.2, 0) is 27.7 Å². The van der Waals surface area contributed by atoms with Gasteiger partial charge in [0.1, 0.15) is 4.90 Å². The molecule has 0 amide bonds. The molecule has 1 aromatic heterocycles. The number of carboxylic acids is 1. The van der Waals surface area contributed by atoms with Crippen molar-refractivity contribution in [3.05, 3.63) is 51.3 Å². The average Bonchev–Trinajstić information content (AvgIpc) is 3.08. The molecule has 2 aromatic rings. The second-order valence-corrected chi connectivity index (χ2v) is 10.5. The van der Waals surface area contributed by atoms with Crippen molar-refractivity contribution in [1.82, 2.24) is 3.97 Å². The number of fused-ring (bicyclic) bond motifs is 1. The minimum absolute atomic E-state index is 0.0622. The van der Waals surface area contributed by atoms with Gasteiger partial charge in [-0.15, -0.1) is 0 Å². The smallest absolute Gasteiger partial charge is 0.306 e. The summed E-state index contributed by atoms with van der Waals surface area (Å²) >= 11 is 12.4. The maximum atomic E-state index is 13.5. The highest BCUT2D eigenvalue weighted by molar-refractivity contribution is 7.90. The second-order valence-electron chi connectivity index (χ2n) is 7.96. The number of aromatic nitrogens is 1. The fourth-order valence-corrected chi connectivity index (χ4v) is 7.32. The van der Waals surface area contributed by atoms with E-state index >= 15 is 0 Å². The first-order chi connectivity index (χ1) is 13.8. The number of carbonyl (C=O) groups is 1. The Kier molecular flexibility index (Phi) is 5.70. The molecule has 0 saturated heterocycles. The van der Waals surface area contributed by atoms with Crippen molar-refractivity contribution in [1.29, 1.82) is 0 Å². The summed E-state index contributed by atoms with van der Waals surface area (Å²) < 4.78 is 28.4. The van der Waals surface area contributed by atoms with Gasteiger partial charge in [0.25, 0.3) is 10.0 Å². The molecule has 1 saturated carbocycles. The zero-order chi connectivity index (χ0) is 20.8. The van der Waals surface area contributed by atoms with Gasteiger partial charge < -0.3 is 5.11 Å². The van der Waals surface area contributed by atoms with E-state index in [0.717, 1.165) is 48.9 Å². The van der Waals surface area contributed by atoms with Crippen molar-refractivity contribution in [3.8, 4) is 0 Å². The molecule has 0 atom stereocenters. The first kappa shape index (κ1) is 20.8. The number of rotatable bonds is 4. The third kappa shape index (κ3) is 3.71. The van der Waals surface area contributed by atoms with Crippen LogP contribution in [0, 0.1) is 5.92 Å². The maximum absolute atomic E-state index is 13.5. The van der Waals surface area contributed by atoms with Gasteiger partial charge in [-0.25, -0.2) is 12.4 Å². The quantitative estimate of drug-likeness (QED) is 0.680. The molecule has 1 heterocycles. The summed E-state index contributed by atoms with van der Waals surface area (Å²) in [6.07, 6.45) is 8.04. The van der Waals surface area contributed by atoms with Crippen LogP contribution in [0.1, 0.15) is 61.3 Å². The highest BCUT2D eigenvalue weighted by Crippen LogP contribution is 2.42. The molecule has 1 aromatic carbocycles. The van der Waals surface area contributed by atoms with Gasteiger partial charge in [0.05, 0.1) is 16.0 Å². The van der Waals surface area contributed by atoms with Crippen LogP contribution in [0.3, 0.4) is 0 Å². The van der Waals surface area contributed by atoms with Gasteiger partial charge in [-0.1, -0.05) is 29.3 Å². The molecule has 156 valence electrons. The molecular formula is C21H23Cl2NO4S. The number of carboxylic acid groups (broad SMARTS) is 1. The normalized spacial score (nSPS) is 22.3. The highest BCUT2D eigenvalue weighted by Gasteiger charge is 2.34. The van der Waals surface area contributed by atoms with Crippen LogP contribution < -0.4 is 0 Å². The molecule has 0 radical (unpaired) electrons. The monoisotopic (exact) mass is 455 g/mol. The molecule has 2 aliphatic rings. The highest BCUT2D eigenvalue weighted by atomic mass is 35.5. The fraction of sp³-hybridized carbons (Fsp3) is 0.476. The van der Waals surface area contributed by atoms with Crippen LogP contribution in [0.2, 0.25) is 10.0 Å². The SMILES string of the molecule is O=C(O)C1CCC(c2cn(S(=O)(=O)c3c(Cl)cccc3Cl)c3c2CCCC3)CC1. The summed E-state index contributed by atoms with van der Waals surface area (Å²) in [7, 11) is -3.93. The minimum atomic E-state index is -3.93. The topological polar surface area (TPSA) is 76.4 Å². The third-order valence-corrected chi connectivity index (χ3v) is 8.92. The van der Waals surface area contributed by atoms with Crippen LogP contribution in [0.4, 0.5) is 0 Å². The number of aliphatic carboxylic acids is 1. The number of benzene rings is 1. The van der Waals surface area contributed by atoms with E-state index in [2.05, 4.69) is 0 Å². The first-order valence-electron chi connectivity index (χ1n) is 9.96. The fourth-order valence-electron chi connectivity index (χ4n) is 4.77. The van der Waals surface area contributed by atoms with Crippen molar-refractivity contribution in [3.63, 3.8) is 0 Å². The van der Waals surface area contributed by atoms with Gasteiger partial charge in [0.2, 0.25) is 0 Å². The molecule has 1 N–H and O–H groups in total. The predicted octanol–water partition coefficient (Wildman–Crippen LogP) is 5.27. The van der Waals surface area contributed by atoms with Gasteiger partial charge in [-0.3, -0.25) is 4.79 Å². The molecular weight excluding hydrogens is 433 g/mol. The molecule has 5 nitrogen and oxygen atoms in total. The zero-order valence-corrected chi connectivity index (χ0v) is 18.2. The van der Waals surface area contributed by atoms with Crippen molar-refractivity contribution in [2.75, 3.05) is 0 Å². The van der Waals surface area contributed by atoms with E-state index in [4.69, 9.17) is 23.2 Å². The van der Waals surface area contributed by atoms with Crippen LogP contribution in [-0.4, -0.2) is 23.5 Å². The summed E-state index contributed by atoms with van der Waals surface area (Å²) in [6, 6.07) is 4.69. The van der Waals surface area contributed by atoms with E-state index in [1.165, 1.54) is 16.1 Å². The molecule has 1 fully saturated rings. The van der Waals surface area contributed by atoms with Gasteiger partial charge >= 0.3 is 5.97 Å². The van der Waals surface area contributed by atoms with Gasteiger partial charge in [0.15, 0.2) is 0 Å². The number of hydrogen-bond acceptors (Lipinski definition) is 3. The lowest BCUT2D eigenvalue weighted by atomic mass is 9.77. The van der Waals surface area contributed by atoms with Crippen LogP contribution in [0.15, 0.2) is 29.3 Å². The molecule has 2 aliphatic carbocycles. The van der Waals surface area contributed by atoms with E-state index < -0.39 is 16.0 Å². The van der Waals surface area contributed by atoms with E-state index in [0.29, 0.717) is 19.3 Å². The lowest BCUT2D eigenvalue weighted by molar-refractivity contribution is -0.142. The van der Waals surface area contributed by atoms with Crippen molar-refractivity contribution >= 4 is 39.2 Å². The van der Waals surface area contributed by atoms with E-state index in [1.54, 1.807) is 12.3 Å². The van der Waals surface area contributed by atoms with Gasteiger partial charge in [0, 0.05) is 11.9 Å². The Morgan fingerprint density at radius 1 is 1.03 bits per heavy atom. The average molecular weight is 456 g/mol. The molecule has 0 spiro atoms. The van der Waals surface area contributed by atoms with Crippen molar-refractivity contribution < 1.29 is 18.3 Å². The Balaban J connectivity index is 1.77. The summed E-state index contributed by atoms with van der Waals surface area (Å²) in [6.45, 7) is 0. The Hall–Kier alpha value is -1.50. The van der Waals surface area contributed by atoms with E-state index in [9.17, 15) is 18.3 Å². The van der Waals surface area contributed by atoms with Crippen LogP contribution in [0.5, 0.6) is 0 Å². The number of halogens is 2. The third-order valence-electron chi connectivity index (χ3n) is 6.26. The molecule has 8 heteroatoms. The van der Waals surface area contributed by atoms with Gasteiger partial charge in [-0.05, 0) is 80.5 Å². The number of hydrogen-bond donors (Lipinski definition) is 1. The maximum Gasteiger partial charge on any atom is 0.306 e. The van der Waals surface area contributed by atoms with Crippen LogP contribution >= 0.6 is 23.2 Å². The largest absolute Gasteiger partial charge is 0.481 e. The van der Waals surface area contributed by atoms with E-state index in [1.807, 2.05) is 0 Å². The lowest BCUT2D eigenvalue weighted by Gasteiger charge is -2.27. The lowest BCUT2D eigenvalue weighted by Crippen LogP contribution is -2.21. The van der Waals surface area contributed by atoms with Gasteiger partial charge in [-0.2, -0.15) is 0 Å². The number of nitrogens with zero attached hydrogens (tertiary/aromatic N) is 1. The Labute approximate surface area is 180 Å². The summed E-state index contributed by atoms with van der Waals surface area (Å²) in [5.74, 6) is -0.843. The Bertz CT molecular complexity index is 1030. The van der Waals surface area contributed by atoms with Crippen LogP contribution in [0.25, 0.3) is 0 Å². The minimum Gasteiger partial charge on any atom is -0.481 e. The Morgan fingerprint density at radius 2 is 1.66 bits per heavy atom. The molecule has 0 bridgehead atoms. The molecule has 29 heavy (non-hydrogen) atoms. The zero-order valence-electron chi connectivity index (χ0n) is 15.9. The molecule has 4 rings (SSSR count). The summed E-state index contributed by atoms with van der Waals surface area (Å²) in [5.41, 5.74) is 2.99. The van der Waals surface area contributed by atoms with Crippen molar-refractivity contribution in [2.45, 2.75) is 62.2 Å². The predicted molar refractivity (Wildman–Crippen MR) is 112 cm³/mol. The molecule has 0 aliphatic heterocycles. The van der Waals surface area contributed by atoms with E-state index in [-0.39, 0.29) is 26.8 Å². The summed E-state index contributed by atoms with van der Waals surface area (Å²) in [5, 5.41) is 9.49. The Morgan fingerprint density at radius 3 is 2.28 bits per heavy atom. The molecule has 0 unspecified atom stereocenters. The second kappa shape index (κ2) is 7.97. The standard InChI is InChI=1S/C21H23Cl2NO4S/c22-17-5-3-6-18(23)20(17)29(27,28)24-12-16(15-4-1-2-7-19(15)24)13-8-10-14(11-9-13)21(25)26/h3,5-6,12-14H,1-2,4,7-11H2,(H,25,26). The van der Waals surface area contributed by atoms with Crippen molar-refractivity contribution in [2.24, 2.45) is 5.92 Å².